The Bertz CT molecular complexity index is 1340. The highest BCUT2D eigenvalue weighted by molar-refractivity contribution is 8.05. The van der Waals surface area contributed by atoms with Gasteiger partial charge < -0.3 is 5.32 Å². The summed E-state index contributed by atoms with van der Waals surface area (Å²) in [5.41, 5.74) is 3.41. The lowest BCUT2D eigenvalue weighted by Crippen LogP contribution is -2.31. The number of carbonyl (C=O) groups is 2. The van der Waals surface area contributed by atoms with E-state index in [0.717, 1.165) is 29.3 Å². The highest BCUT2D eigenvalue weighted by Gasteiger charge is 2.41. The van der Waals surface area contributed by atoms with Crippen molar-refractivity contribution >= 4 is 35.0 Å². The Labute approximate surface area is 208 Å². The Hall–Kier alpha value is -3.89. The molecule has 35 heavy (non-hydrogen) atoms. The van der Waals surface area contributed by atoms with Gasteiger partial charge in [0, 0.05) is 11.4 Å². The molecule has 3 aromatic rings. The van der Waals surface area contributed by atoms with Gasteiger partial charge in [-0.15, -0.1) is 0 Å². The van der Waals surface area contributed by atoms with Crippen LogP contribution in [-0.2, 0) is 22.4 Å². The quantitative estimate of drug-likeness (QED) is 0.356. The number of anilines is 2. The number of benzene rings is 3. The zero-order valence-corrected chi connectivity index (χ0v) is 20.2. The van der Waals surface area contributed by atoms with E-state index in [1.807, 2.05) is 44.2 Å². The summed E-state index contributed by atoms with van der Waals surface area (Å²) in [4.78, 5) is 28.1. The van der Waals surface area contributed by atoms with Crippen LogP contribution in [0.15, 0.2) is 83.4 Å². The Morgan fingerprint density at radius 2 is 1.86 bits per heavy atom. The van der Waals surface area contributed by atoms with Crippen molar-refractivity contribution in [3.63, 3.8) is 0 Å². The molecule has 1 heterocycles. The van der Waals surface area contributed by atoms with Crippen LogP contribution in [0.25, 0.3) is 0 Å². The van der Waals surface area contributed by atoms with Gasteiger partial charge in [-0.1, -0.05) is 61.2 Å². The van der Waals surface area contributed by atoms with Crippen LogP contribution < -0.4 is 10.2 Å². The van der Waals surface area contributed by atoms with Crippen LogP contribution in [0.2, 0.25) is 0 Å². The maximum Gasteiger partial charge on any atom is 0.269 e. The smallest absolute Gasteiger partial charge is 0.269 e. The summed E-state index contributed by atoms with van der Waals surface area (Å²) in [5, 5.41) is 12.3. The third-order valence-corrected chi connectivity index (χ3v) is 7.01. The fourth-order valence-electron chi connectivity index (χ4n) is 3.88. The number of nitriles is 1. The summed E-state index contributed by atoms with van der Waals surface area (Å²) in [5.74, 6) is -1.29. The second-order valence-corrected chi connectivity index (χ2v) is 9.40. The molecule has 176 valence electrons. The van der Waals surface area contributed by atoms with Gasteiger partial charge in [-0.25, -0.2) is 4.39 Å². The zero-order chi connectivity index (χ0) is 24.9. The molecule has 1 atom stereocenters. The van der Waals surface area contributed by atoms with Gasteiger partial charge in [0.1, 0.15) is 22.5 Å². The van der Waals surface area contributed by atoms with Gasteiger partial charge in [0.2, 0.25) is 5.91 Å². The summed E-state index contributed by atoms with van der Waals surface area (Å²) < 4.78 is 14.3. The molecule has 2 amide bonds. The lowest BCUT2D eigenvalue weighted by atomic mass is 10.1. The molecule has 1 N–H and O–H groups in total. The number of rotatable bonds is 6. The van der Waals surface area contributed by atoms with Gasteiger partial charge >= 0.3 is 0 Å². The van der Waals surface area contributed by atoms with Crippen LogP contribution >= 0.6 is 11.8 Å². The predicted molar refractivity (Wildman–Crippen MR) is 137 cm³/mol. The van der Waals surface area contributed by atoms with Gasteiger partial charge in [0.25, 0.3) is 5.91 Å². The minimum atomic E-state index is -0.678. The third kappa shape index (κ3) is 5.28. The first kappa shape index (κ1) is 24.2. The second-order valence-electron chi connectivity index (χ2n) is 8.21. The average Bonchev–Trinajstić information content (AvgIpc) is 3.16. The molecular formula is C28H24FN3O2S. The van der Waals surface area contributed by atoms with Crippen LogP contribution in [0.5, 0.6) is 0 Å². The summed E-state index contributed by atoms with van der Waals surface area (Å²) in [6.45, 7) is 3.94. The molecule has 0 aliphatic carbocycles. The predicted octanol–water partition coefficient (Wildman–Crippen LogP) is 5.76. The van der Waals surface area contributed by atoms with E-state index in [9.17, 15) is 19.2 Å². The summed E-state index contributed by atoms with van der Waals surface area (Å²) in [7, 11) is 0. The SMILES string of the molecule is CCc1ccc(N2C(=O)C(Cc3ccccc3F)S/C2=C(/C#N)C(=O)Nc2cccc(C)c2)cc1. The van der Waals surface area contributed by atoms with Crippen LogP contribution in [0.3, 0.4) is 0 Å². The van der Waals surface area contributed by atoms with E-state index in [0.29, 0.717) is 16.9 Å². The van der Waals surface area contributed by atoms with Gasteiger partial charge in [-0.2, -0.15) is 5.26 Å². The molecule has 4 rings (SSSR count). The number of hydrogen-bond donors (Lipinski definition) is 1. The number of nitrogens with one attached hydrogen (secondary N) is 1. The highest BCUT2D eigenvalue weighted by Crippen LogP contribution is 2.42. The first-order valence-corrected chi connectivity index (χ1v) is 12.1. The molecule has 0 spiro atoms. The van der Waals surface area contributed by atoms with Gasteiger partial charge in [0.05, 0.1) is 5.25 Å². The fraction of sp³-hybridized carbons (Fsp3) is 0.179. The largest absolute Gasteiger partial charge is 0.321 e. The average molecular weight is 486 g/mol. The number of amides is 2. The van der Waals surface area contributed by atoms with Crippen molar-refractivity contribution in [2.45, 2.75) is 31.9 Å². The van der Waals surface area contributed by atoms with Crippen molar-refractivity contribution in [2.75, 3.05) is 10.2 Å². The molecule has 5 nitrogen and oxygen atoms in total. The van der Waals surface area contributed by atoms with Crippen molar-refractivity contribution in [1.82, 2.24) is 0 Å². The van der Waals surface area contributed by atoms with Crippen LogP contribution in [0.4, 0.5) is 15.8 Å². The van der Waals surface area contributed by atoms with Crippen molar-refractivity contribution in [3.05, 3.63) is 106 Å². The molecule has 1 aliphatic heterocycles. The van der Waals surface area contributed by atoms with E-state index in [4.69, 9.17) is 0 Å². The van der Waals surface area contributed by atoms with Crippen molar-refractivity contribution in [1.29, 1.82) is 5.26 Å². The minimum Gasteiger partial charge on any atom is -0.321 e. The first-order chi connectivity index (χ1) is 16.9. The first-order valence-electron chi connectivity index (χ1n) is 11.3. The molecule has 1 unspecified atom stereocenters. The number of nitrogens with zero attached hydrogens (tertiary/aromatic N) is 2. The Morgan fingerprint density at radius 1 is 1.11 bits per heavy atom. The standard InChI is InChI=1S/C28H24FN3O2S/c1-3-19-11-13-22(14-12-19)32-27(34)25(16-20-8-4-5-10-24(20)29)35-28(32)23(17-30)26(33)31-21-9-6-7-18(2)15-21/h4-15,25H,3,16H2,1-2H3,(H,31,33)/b28-23-. The molecule has 0 bridgehead atoms. The third-order valence-electron chi connectivity index (χ3n) is 5.75. The van der Waals surface area contributed by atoms with E-state index in [1.165, 1.54) is 11.0 Å². The summed E-state index contributed by atoms with van der Waals surface area (Å²) in [6, 6.07) is 23.0. The van der Waals surface area contributed by atoms with Gasteiger partial charge in [-0.05, 0) is 66.8 Å². The number of aryl methyl sites for hydroxylation is 2. The molecule has 0 saturated carbocycles. The zero-order valence-electron chi connectivity index (χ0n) is 19.4. The monoisotopic (exact) mass is 485 g/mol. The molecule has 3 aromatic carbocycles. The molecular weight excluding hydrogens is 461 g/mol. The van der Waals surface area contributed by atoms with Crippen molar-refractivity contribution < 1.29 is 14.0 Å². The molecule has 1 fully saturated rings. The van der Waals surface area contributed by atoms with Crippen LogP contribution in [-0.4, -0.2) is 17.1 Å². The number of halogens is 1. The topological polar surface area (TPSA) is 73.2 Å². The number of thioether (sulfide) groups is 1. The molecule has 0 radical (unpaired) electrons. The molecule has 1 aliphatic rings. The Kier molecular flexibility index (Phi) is 7.33. The van der Waals surface area contributed by atoms with E-state index in [-0.39, 0.29) is 22.9 Å². The second kappa shape index (κ2) is 10.6. The van der Waals surface area contributed by atoms with Crippen LogP contribution in [0, 0.1) is 24.1 Å². The molecule has 7 heteroatoms. The molecule has 0 aromatic heterocycles. The van der Waals surface area contributed by atoms with E-state index in [2.05, 4.69) is 5.32 Å². The van der Waals surface area contributed by atoms with E-state index >= 15 is 0 Å². The van der Waals surface area contributed by atoms with Crippen LogP contribution in [0.1, 0.15) is 23.6 Å². The van der Waals surface area contributed by atoms with Crippen molar-refractivity contribution in [3.8, 4) is 6.07 Å². The van der Waals surface area contributed by atoms with Gasteiger partial charge in [-0.3, -0.25) is 14.5 Å². The maximum absolute atomic E-state index is 14.3. The lowest BCUT2D eigenvalue weighted by molar-refractivity contribution is -0.117. The minimum absolute atomic E-state index is 0.140. The van der Waals surface area contributed by atoms with E-state index in [1.54, 1.807) is 42.5 Å². The molecule has 1 saturated heterocycles. The fourth-order valence-corrected chi connectivity index (χ4v) is 5.18. The Balaban J connectivity index is 1.74. The number of hydrogen-bond acceptors (Lipinski definition) is 4. The highest BCUT2D eigenvalue weighted by atomic mass is 32.2. The lowest BCUT2D eigenvalue weighted by Gasteiger charge is -2.19. The van der Waals surface area contributed by atoms with Crippen molar-refractivity contribution in [2.24, 2.45) is 0 Å². The van der Waals surface area contributed by atoms with E-state index < -0.39 is 17.0 Å². The Morgan fingerprint density at radius 3 is 2.51 bits per heavy atom. The normalized spacial score (nSPS) is 16.7. The number of carbonyl (C=O) groups excluding carboxylic acids is 2. The summed E-state index contributed by atoms with van der Waals surface area (Å²) in [6.07, 6.45) is 0.978. The summed E-state index contributed by atoms with van der Waals surface area (Å²) >= 11 is 1.12. The maximum atomic E-state index is 14.3. The van der Waals surface area contributed by atoms with Gasteiger partial charge in [0.15, 0.2) is 0 Å².